The molecular formula is C18H29NOS. The zero-order chi connectivity index (χ0) is 15.7. The van der Waals surface area contributed by atoms with Crippen LogP contribution in [0.25, 0.3) is 0 Å². The van der Waals surface area contributed by atoms with E-state index in [0.29, 0.717) is 12.0 Å². The molecule has 0 aromatic heterocycles. The zero-order valence-electron chi connectivity index (χ0n) is 14.2. The maximum absolute atomic E-state index is 6.27. The van der Waals surface area contributed by atoms with Crippen LogP contribution in [0.3, 0.4) is 0 Å². The van der Waals surface area contributed by atoms with Crippen molar-refractivity contribution in [1.29, 1.82) is 0 Å². The largest absolute Gasteiger partial charge is 0.369 e. The van der Waals surface area contributed by atoms with E-state index in [1.165, 1.54) is 10.5 Å². The highest BCUT2D eigenvalue weighted by atomic mass is 32.2. The predicted molar refractivity (Wildman–Crippen MR) is 92.0 cm³/mol. The molecule has 2 atom stereocenters. The van der Waals surface area contributed by atoms with Crippen molar-refractivity contribution in [2.24, 2.45) is 5.92 Å². The molecule has 3 heteroatoms. The summed E-state index contributed by atoms with van der Waals surface area (Å²) in [6.45, 7) is 11.0. The fourth-order valence-electron chi connectivity index (χ4n) is 3.66. The third-order valence-corrected chi connectivity index (χ3v) is 5.30. The lowest BCUT2D eigenvalue weighted by molar-refractivity contribution is -0.0776. The quantitative estimate of drug-likeness (QED) is 0.800. The molecule has 2 nitrogen and oxygen atoms in total. The van der Waals surface area contributed by atoms with Gasteiger partial charge in [0.2, 0.25) is 0 Å². The Morgan fingerprint density at radius 2 is 1.86 bits per heavy atom. The van der Waals surface area contributed by atoms with Crippen molar-refractivity contribution in [3.8, 4) is 0 Å². The molecule has 21 heavy (non-hydrogen) atoms. The normalized spacial score (nSPS) is 25.0. The fraction of sp³-hybridized carbons (Fsp3) is 0.667. The molecule has 1 aliphatic rings. The number of ether oxygens (including phenoxy) is 1. The van der Waals surface area contributed by atoms with Crippen molar-refractivity contribution >= 4 is 11.8 Å². The van der Waals surface area contributed by atoms with Crippen molar-refractivity contribution in [1.82, 2.24) is 5.32 Å². The van der Waals surface area contributed by atoms with Crippen LogP contribution in [-0.4, -0.2) is 24.0 Å². The van der Waals surface area contributed by atoms with Gasteiger partial charge in [-0.05, 0) is 64.6 Å². The third-order valence-electron chi connectivity index (χ3n) is 4.41. The van der Waals surface area contributed by atoms with Crippen molar-refractivity contribution in [3.05, 3.63) is 29.8 Å². The van der Waals surface area contributed by atoms with E-state index in [2.05, 4.69) is 71.2 Å². The van der Waals surface area contributed by atoms with Crippen molar-refractivity contribution < 1.29 is 4.74 Å². The van der Waals surface area contributed by atoms with Crippen LogP contribution in [-0.2, 0) is 4.74 Å². The average Bonchev–Trinajstić information content (AvgIpc) is 2.61. The highest BCUT2D eigenvalue weighted by Gasteiger charge is 2.48. The second-order valence-electron chi connectivity index (χ2n) is 7.04. The van der Waals surface area contributed by atoms with Crippen LogP contribution in [0.4, 0.5) is 0 Å². The van der Waals surface area contributed by atoms with Gasteiger partial charge < -0.3 is 10.1 Å². The SMILES string of the molecule is CCSc1ccc(C(NC)C2CC(C)(C)OC2(C)C)cc1. The minimum Gasteiger partial charge on any atom is -0.369 e. The first-order valence-electron chi connectivity index (χ1n) is 7.89. The van der Waals surface area contributed by atoms with Crippen LogP contribution >= 0.6 is 11.8 Å². The molecule has 0 amide bonds. The van der Waals surface area contributed by atoms with Gasteiger partial charge in [0.05, 0.1) is 11.2 Å². The van der Waals surface area contributed by atoms with E-state index in [1.807, 2.05) is 11.8 Å². The average molecular weight is 308 g/mol. The smallest absolute Gasteiger partial charge is 0.0681 e. The first-order chi connectivity index (χ1) is 9.79. The van der Waals surface area contributed by atoms with Gasteiger partial charge in [0.1, 0.15) is 0 Å². The molecule has 0 radical (unpaired) electrons. The minimum atomic E-state index is -0.103. The second kappa shape index (κ2) is 6.31. The highest BCUT2D eigenvalue weighted by molar-refractivity contribution is 7.99. The molecule has 0 aliphatic carbocycles. The Hall–Kier alpha value is -0.510. The van der Waals surface area contributed by atoms with Crippen LogP contribution in [0.15, 0.2) is 29.2 Å². The molecule has 2 unspecified atom stereocenters. The predicted octanol–water partition coefficient (Wildman–Crippen LogP) is 4.65. The molecule has 1 fully saturated rings. The maximum atomic E-state index is 6.27. The van der Waals surface area contributed by atoms with E-state index >= 15 is 0 Å². The van der Waals surface area contributed by atoms with Crippen LogP contribution in [0, 0.1) is 5.92 Å². The number of rotatable bonds is 5. The van der Waals surface area contributed by atoms with Gasteiger partial charge in [-0.3, -0.25) is 0 Å². The van der Waals surface area contributed by atoms with E-state index < -0.39 is 0 Å². The Labute approximate surface area is 134 Å². The minimum absolute atomic E-state index is 0.0404. The summed E-state index contributed by atoms with van der Waals surface area (Å²) >= 11 is 1.89. The number of thioether (sulfide) groups is 1. The summed E-state index contributed by atoms with van der Waals surface area (Å²) in [5, 5.41) is 3.52. The second-order valence-corrected chi connectivity index (χ2v) is 8.38. The van der Waals surface area contributed by atoms with Crippen molar-refractivity contribution in [2.75, 3.05) is 12.8 Å². The van der Waals surface area contributed by atoms with Crippen LogP contribution < -0.4 is 5.32 Å². The van der Waals surface area contributed by atoms with Gasteiger partial charge >= 0.3 is 0 Å². The van der Waals surface area contributed by atoms with Crippen molar-refractivity contribution in [2.45, 2.75) is 63.2 Å². The Bertz CT molecular complexity index is 467. The third kappa shape index (κ3) is 3.82. The lowest BCUT2D eigenvalue weighted by atomic mass is 9.79. The van der Waals surface area contributed by atoms with E-state index in [-0.39, 0.29) is 11.2 Å². The van der Waals surface area contributed by atoms with Crippen molar-refractivity contribution in [3.63, 3.8) is 0 Å². The lowest BCUT2D eigenvalue weighted by Crippen LogP contribution is -2.37. The van der Waals surface area contributed by atoms with E-state index in [1.54, 1.807) is 0 Å². The highest BCUT2D eigenvalue weighted by Crippen LogP contribution is 2.47. The summed E-state index contributed by atoms with van der Waals surface area (Å²) in [4.78, 5) is 1.35. The Morgan fingerprint density at radius 1 is 1.24 bits per heavy atom. The summed E-state index contributed by atoms with van der Waals surface area (Å²) in [6, 6.07) is 9.34. The zero-order valence-corrected chi connectivity index (χ0v) is 15.0. The van der Waals surface area contributed by atoms with Crippen LogP contribution in [0.5, 0.6) is 0 Å². The molecular weight excluding hydrogens is 278 g/mol. The molecule has 0 saturated carbocycles. The summed E-state index contributed by atoms with van der Waals surface area (Å²) in [5.74, 6) is 1.59. The molecule has 0 spiro atoms. The van der Waals surface area contributed by atoms with E-state index in [9.17, 15) is 0 Å². The Balaban J connectivity index is 2.23. The van der Waals surface area contributed by atoms with Crippen LogP contribution in [0.2, 0.25) is 0 Å². The van der Waals surface area contributed by atoms with Gasteiger partial charge in [-0.1, -0.05) is 19.1 Å². The van der Waals surface area contributed by atoms with Gasteiger partial charge in [-0.15, -0.1) is 11.8 Å². The monoisotopic (exact) mass is 307 g/mol. The Kier molecular flexibility index (Phi) is 5.07. The standard InChI is InChI=1S/C18H29NOS/c1-7-21-14-10-8-13(9-11-14)16(19-6)15-12-17(2,3)20-18(15,4)5/h8-11,15-16,19H,7,12H2,1-6H3. The summed E-state index contributed by atoms with van der Waals surface area (Å²) in [6.07, 6.45) is 1.08. The topological polar surface area (TPSA) is 21.3 Å². The first kappa shape index (κ1) is 16.9. The molecule has 118 valence electrons. The van der Waals surface area contributed by atoms with Gasteiger partial charge in [-0.25, -0.2) is 0 Å². The molecule has 1 N–H and O–H groups in total. The fourth-order valence-corrected chi connectivity index (χ4v) is 4.32. The molecule has 1 heterocycles. The molecule has 1 aromatic rings. The van der Waals surface area contributed by atoms with E-state index in [0.717, 1.165) is 12.2 Å². The molecule has 1 aromatic carbocycles. The molecule has 1 aliphatic heterocycles. The Morgan fingerprint density at radius 3 is 2.29 bits per heavy atom. The number of hydrogen-bond donors (Lipinski definition) is 1. The van der Waals surface area contributed by atoms with Gasteiger partial charge in [0.15, 0.2) is 0 Å². The van der Waals surface area contributed by atoms with Crippen LogP contribution in [0.1, 0.15) is 52.6 Å². The lowest BCUT2D eigenvalue weighted by Gasteiger charge is -2.33. The number of hydrogen-bond acceptors (Lipinski definition) is 3. The van der Waals surface area contributed by atoms with E-state index in [4.69, 9.17) is 4.74 Å². The molecule has 2 rings (SSSR count). The van der Waals surface area contributed by atoms with Gasteiger partial charge in [-0.2, -0.15) is 0 Å². The number of nitrogens with one attached hydrogen (secondary N) is 1. The molecule has 0 bridgehead atoms. The van der Waals surface area contributed by atoms with Gasteiger partial charge in [0, 0.05) is 16.9 Å². The summed E-state index contributed by atoms with van der Waals surface area (Å²) < 4.78 is 6.27. The maximum Gasteiger partial charge on any atom is 0.0681 e. The first-order valence-corrected chi connectivity index (χ1v) is 8.88. The number of benzene rings is 1. The van der Waals surface area contributed by atoms with Gasteiger partial charge in [0.25, 0.3) is 0 Å². The summed E-state index contributed by atoms with van der Waals surface area (Å²) in [5.41, 5.74) is 1.22. The molecule has 1 saturated heterocycles. The summed E-state index contributed by atoms with van der Waals surface area (Å²) in [7, 11) is 2.06.